The number of halogens is 2. The van der Waals surface area contributed by atoms with E-state index in [9.17, 15) is 0 Å². The van der Waals surface area contributed by atoms with Gasteiger partial charge in [-0.3, -0.25) is 0 Å². The molecule has 0 amide bonds. The monoisotopic (exact) mass is 385 g/mol. The minimum atomic E-state index is 0.697. The number of rotatable bonds is 6. The van der Waals surface area contributed by atoms with E-state index in [2.05, 4.69) is 38.1 Å². The first kappa shape index (κ1) is 16.6. The molecule has 0 unspecified atom stereocenters. The van der Waals surface area contributed by atoms with Gasteiger partial charge in [0.05, 0.1) is 20.9 Å². The van der Waals surface area contributed by atoms with Gasteiger partial charge >= 0.3 is 0 Å². The van der Waals surface area contributed by atoms with Crippen molar-refractivity contribution in [2.75, 3.05) is 12.4 Å². The van der Waals surface area contributed by atoms with Crippen LogP contribution in [0.15, 0.2) is 33.6 Å². The molecule has 0 aliphatic heterocycles. The number of thioether (sulfide) groups is 1. The van der Waals surface area contributed by atoms with Crippen molar-refractivity contribution in [3.63, 3.8) is 0 Å². The van der Waals surface area contributed by atoms with E-state index in [-0.39, 0.29) is 0 Å². The zero-order chi connectivity index (χ0) is 15.2. The first-order valence-corrected chi connectivity index (χ1v) is 8.91. The van der Waals surface area contributed by atoms with Crippen LogP contribution in [-0.2, 0) is 12.2 Å². The molecular weight excluding hydrogens is 370 g/mol. The molecule has 1 aromatic heterocycles. The first-order valence-electron chi connectivity index (χ1n) is 6.76. The quantitative estimate of drug-likeness (QED) is 0.694. The fraction of sp³-hybridized carbons (Fsp3) is 0.333. The standard InChI is InChI=1S/C15H17BrClN3S/c1-3-6-11-14(16)15(18-2)20-13(19-11)9-21-12-8-5-4-7-10(12)17/h4-5,7-8H,3,6,9H2,1-2H3,(H,18,19,20). The zero-order valence-corrected chi connectivity index (χ0v) is 15.1. The predicted molar refractivity (Wildman–Crippen MR) is 94.3 cm³/mol. The summed E-state index contributed by atoms with van der Waals surface area (Å²) in [7, 11) is 1.87. The summed E-state index contributed by atoms with van der Waals surface area (Å²) in [6, 6.07) is 7.82. The molecular formula is C15H17BrClN3S. The van der Waals surface area contributed by atoms with Crippen LogP contribution in [0.2, 0.25) is 5.02 Å². The molecule has 2 rings (SSSR count). The predicted octanol–water partition coefficient (Wildman–Crippen LogP) is 5.18. The second kappa shape index (κ2) is 8.01. The van der Waals surface area contributed by atoms with Gasteiger partial charge in [-0.2, -0.15) is 0 Å². The van der Waals surface area contributed by atoms with Crippen molar-refractivity contribution in [3.8, 4) is 0 Å². The number of nitrogens with zero attached hydrogens (tertiary/aromatic N) is 2. The molecule has 0 bridgehead atoms. The molecule has 0 fully saturated rings. The van der Waals surface area contributed by atoms with Crippen molar-refractivity contribution in [2.45, 2.75) is 30.4 Å². The van der Waals surface area contributed by atoms with Gasteiger partial charge in [0.2, 0.25) is 0 Å². The van der Waals surface area contributed by atoms with Gasteiger partial charge in [-0.1, -0.05) is 37.1 Å². The molecule has 0 saturated heterocycles. The number of hydrogen-bond acceptors (Lipinski definition) is 4. The topological polar surface area (TPSA) is 37.8 Å². The Hall–Kier alpha value is -0.780. The van der Waals surface area contributed by atoms with E-state index in [1.165, 1.54) is 0 Å². The summed E-state index contributed by atoms with van der Waals surface area (Å²) in [5.41, 5.74) is 1.05. The van der Waals surface area contributed by atoms with E-state index in [4.69, 9.17) is 11.6 Å². The molecule has 0 aliphatic rings. The lowest BCUT2D eigenvalue weighted by Crippen LogP contribution is -2.05. The van der Waals surface area contributed by atoms with Gasteiger partial charge in [0.15, 0.2) is 0 Å². The highest BCUT2D eigenvalue weighted by Gasteiger charge is 2.11. The van der Waals surface area contributed by atoms with Crippen LogP contribution in [0.1, 0.15) is 24.9 Å². The average molecular weight is 387 g/mol. The maximum atomic E-state index is 6.17. The number of hydrogen-bond donors (Lipinski definition) is 1. The van der Waals surface area contributed by atoms with Crippen LogP contribution >= 0.6 is 39.3 Å². The van der Waals surface area contributed by atoms with Gasteiger partial charge in [0.25, 0.3) is 0 Å². The van der Waals surface area contributed by atoms with Crippen molar-refractivity contribution in [1.29, 1.82) is 0 Å². The number of aryl methyl sites for hydroxylation is 1. The normalized spacial score (nSPS) is 10.7. The molecule has 0 atom stereocenters. The molecule has 1 heterocycles. The third kappa shape index (κ3) is 4.34. The van der Waals surface area contributed by atoms with Crippen molar-refractivity contribution >= 4 is 45.1 Å². The lowest BCUT2D eigenvalue weighted by atomic mass is 10.2. The molecule has 112 valence electrons. The van der Waals surface area contributed by atoms with Crippen LogP contribution in [0.5, 0.6) is 0 Å². The third-order valence-electron chi connectivity index (χ3n) is 2.88. The molecule has 0 aliphatic carbocycles. The van der Waals surface area contributed by atoms with Crippen molar-refractivity contribution < 1.29 is 0 Å². The maximum absolute atomic E-state index is 6.17. The Morgan fingerprint density at radius 2 is 2.05 bits per heavy atom. The maximum Gasteiger partial charge on any atom is 0.144 e. The molecule has 0 spiro atoms. The molecule has 0 radical (unpaired) electrons. The summed E-state index contributed by atoms with van der Waals surface area (Å²) in [6.45, 7) is 2.14. The molecule has 21 heavy (non-hydrogen) atoms. The second-order valence-corrected chi connectivity index (χ2v) is 6.69. The van der Waals surface area contributed by atoms with Crippen molar-refractivity contribution in [1.82, 2.24) is 9.97 Å². The van der Waals surface area contributed by atoms with Crippen LogP contribution in [0.4, 0.5) is 5.82 Å². The molecule has 6 heteroatoms. The molecule has 3 nitrogen and oxygen atoms in total. The first-order chi connectivity index (χ1) is 10.2. The highest BCUT2D eigenvalue weighted by atomic mass is 79.9. The van der Waals surface area contributed by atoms with Crippen LogP contribution in [0.25, 0.3) is 0 Å². The van der Waals surface area contributed by atoms with E-state index in [0.29, 0.717) is 5.75 Å². The summed E-state index contributed by atoms with van der Waals surface area (Å²) in [4.78, 5) is 10.2. The Morgan fingerprint density at radius 1 is 1.29 bits per heavy atom. The number of nitrogens with one attached hydrogen (secondary N) is 1. The van der Waals surface area contributed by atoms with E-state index < -0.39 is 0 Å². The van der Waals surface area contributed by atoms with Crippen LogP contribution in [0.3, 0.4) is 0 Å². The minimum absolute atomic E-state index is 0.697. The Bertz CT molecular complexity index is 622. The van der Waals surface area contributed by atoms with Gasteiger partial charge in [-0.15, -0.1) is 11.8 Å². The molecule has 2 aromatic rings. The Balaban J connectivity index is 2.20. The highest BCUT2D eigenvalue weighted by molar-refractivity contribution is 9.10. The van der Waals surface area contributed by atoms with Gasteiger partial charge in [-0.05, 0) is 34.5 Å². The van der Waals surface area contributed by atoms with Crippen molar-refractivity contribution in [2.24, 2.45) is 0 Å². The molecule has 1 aromatic carbocycles. The van der Waals surface area contributed by atoms with Crippen LogP contribution < -0.4 is 5.32 Å². The lowest BCUT2D eigenvalue weighted by molar-refractivity contribution is 0.847. The molecule has 1 N–H and O–H groups in total. The van der Waals surface area contributed by atoms with Gasteiger partial charge < -0.3 is 5.32 Å². The smallest absolute Gasteiger partial charge is 0.144 e. The largest absolute Gasteiger partial charge is 0.372 e. The Kier molecular flexibility index (Phi) is 6.33. The average Bonchev–Trinajstić information content (AvgIpc) is 2.49. The molecule has 0 saturated carbocycles. The summed E-state index contributed by atoms with van der Waals surface area (Å²) >= 11 is 11.4. The highest BCUT2D eigenvalue weighted by Crippen LogP contribution is 2.30. The van der Waals surface area contributed by atoms with Crippen LogP contribution in [0, 0.1) is 0 Å². The number of benzene rings is 1. The number of anilines is 1. The van der Waals surface area contributed by atoms with E-state index in [1.54, 1.807) is 11.8 Å². The van der Waals surface area contributed by atoms with E-state index in [0.717, 1.165) is 44.6 Å². The third-order valence-corrected chi connectivity index (χ3v) is 5.23. The Morgan fingerprint density at radius 3 is 2.71 bits per heavy atom. The van der Waals surface area contributed by atoms with Crippen LogP contribution in [-0.4, -0.2) is 17.0 Å². The SMILES string of the molecule is CCCc1nc(CSc2ccccc2Cl)nc(NC)c1Br. The Labute approximate surface area is 143 Å². The zero-order valence-electron chi connectivity index (χ0n) is 12.0. The van der Waals surface area contributed by atoms with Gasteiger partial charge in [0, 0.05) is 11.9 Å². The number of aromatic nitrogens is 2. The minimum Gasteiger partial charge on any atom is -0.372 e. The fourth-order valence-corrected chi connectivity index (χ4v) is 3.55. The summed E-state index contributed by atoms with van der Waals surface area (Å²) in [6.07, 6.45) is 1.98. The fourth-order valence-electron chi connectivity index (χ4n) is 1.88. The summed E-state index contributed by atoms with van der Waals surface area (Å²) in [5.74, 6) is 2.35. The van der Waals surface area contributed by atoms with Crippen molar-refractivity contribution in [3.05, 3.63) is 45.3 Å². The lowest BCUT2D eigenvalue weighted by Gasteiger charge is -2.11. The van der Waals surface area contributed by atoms with E-state index >= 15 is 0 Å². The second-order valence-electron chi connectivity index (χ2n) is 4.47. The summed E-state index contributed by atoms with van der Waals surface area (Å²) in [5, 5.41) is 3.88. The van der Waals surface area contributed by atoms with E-state index in [1.807, 2.05) is 31.3 Å². The van der Waals surface area contributed by atoms with Gasteiger partial charge in [0.1, 0.15) is 11.6 Å². The van der Waals surface area contributed by atoms with Gasteiger partial charge in [-0.25, -0.2) is 9.97 Å². The summed E-state index contributed by atoms with van der Waals surface area (Å²) < 4.78 is 0.957.